The van der Waals surface area contributed by atoms with Gasteiger partial charge in [0.1, 0.15) is 0 Å². The van der Waals surface area contributed by atoms with Gasteiger partial charge in [-0.05, 0) is 56.7 Å². The van der Waals surface area contributed by atoms with Crippen molar-refractivity contribution in [2.45, 2.75) is 65.3 Å². The Balaban J connectivity index is 1.67. The monoisotopic (exact) mass is 403 g/mol. The highest BCUT2D eigenvalue weighted by molar-refractivity contribution is 5.93. The van der Waals surface area contributed by atoms with E-state index in [1.54, 1.807) is 0 Å². The van der Waals surface area contributed by atoms with E-state index in [9.17, 15) is 9.59 Å². The Kier molecular flexibility index (Phi) is 10.2. The summed E-state index contributed by atoms with van der Waals surface area (Å²) in [5.74, 6) is 0.0226. The van der Waals surface area contributed by atoms with E-state index in [2.05, 4.69) is 22.5 Å². The molecule has 1 aliphatic carbocycles. The van der Waals surface area contributed by atoms with Crippen molar-refractivity contribution in [3.05, 3.63) is 29.3 Å². The first kappa shape index (κ1) is 23.4. The van der Waals surface area contributed by atoms with Crippen molar-refractivity contribution in [3.8, 4) is 0 Å². The molecular formula is C23H37N3O3. The molecule has 6 heteroatoms. The number of anilines is 1. The predicted octanol–water partition coefficient (Wildman–Crippen LogP) is 3.42. The summed E-state index contributed by atoms with van der Waals surface area (Å²) in [5.41, 5.74) is 3.04. The van der Waals surface area contributed by atoms with Gasteiger partial charge in [0.05, 0.1) is 6.54 Å². The zero-order valence-corrected chi connectivity index (χ0v) is 18.3. The summed E-state index contributed by atoms with van der Waals surface area (Å²) in [7, 11) is 0. The zero-order chi connectivity index (χ0) is 21.1. The second-order valence-electron chi connectivity index (χ2n) is 7.99. The topological polar surface area (TPSA) is 70.7 Å². The fraction of sp³-hybridized carbons (Fsp3) is 0.652. The number of nitrogens with zero attached hydrogens (tertiary/aromatic N) is 1. The Labute approximate surface area is 175 Å². The van der Waals surface area contributed by atoms with Crippen LogP contribution in [-0.4, -0.2) is 55.6 Å². The quantitative estimate of drug-likeness (QED) is 0.467. The molecule has 1 aliphatic rings. The molecule has 29 heavy (non-hydrogen) atoms. The molecule has 0 aromatic heterocycles. The van der Waals surface area contributed by atoms with Gasteiger partial charge >= 0.3 is 0 Å². The van der Waals surface area contributed by atoms with Crippen LogP contribution in [0.2, 0.25) is 0 Å². The van der Waals surface area contributed by atoms with Crippen molar-refractivity contribution in [1.82, 2.24) is 10.2 Å². The van der Waals surface area contributed by atoms with Gasteiger partial charge in [-0.15, -0.1) is 0 Å². The van der Waals surface area contributed by atoms with Crippen LogP contribution in [0.15, 0.2) is 18.2 Å². The third-order valence-corrected chi connectivity index (χ3v) is 5.13. The Morgan fingerprint density at radius 3 is 2.62 bits per heavy atom. The second-order valence-corrected chi connectivity index (χ2v) is 7.99. The average Bonchev–Trinajstić information content (AvgIpc) is 3.52. The minimum absolute atomic E-state index is 0.0183. The number of ether oxygens (including phenoxy) is 1. The fourth-order valence-electron chi connectivity index (χ4n) is 3.16. The number of carbonyl (C=O) groups is 2. The molecule has 0 bridgehead atoms. The van der Waals surface area contributed by atoms with Crippen LogP contribution in [-0.2, 0) is 14.3 Å². The van der Waals surface area contributed by atoms with Crippen molar-refractivity contribution in [3.63, 3.8) is 0 Å². The lowest BCUT2D eigenvalue weighted by Gasteiger charge is -2.21. The molecule has 0 radical (unpaired) electrons. The first-order valence-electron chi connectivity index (χ1n) is 10.9. The van der Waals surface area contributed by atoms with Gasteiger partial charge in [0.2, 0.25) is 11.8 Å². The summed E-state index contributed by atoms with van der Waals surface area (Å²) < 4.78 is 5.50. The van der Waals surface area contributed by atoms with Crippen molar-refractivity contribution in [1.29, 1.82) is 0 Å². The number of nitrogens with one attached hydrogen (secondary N) is 2. The molecule has 1 aromatic carbocycles. The first-order valence-corrected chi connectivity index (χ1v) is 10.9. The van der Waals surface area contributed by atoms with E-state index in [0.717, 1.165) is 55.5 Å². The van der Waals surface area contributed by atoms with Gasteiger partial charge in [0.25, 0.3) is 0 Å². The maximum atomic E-state index is 12.5. The molecule has 2 rings (SSSR count). The number of aryl methyl sites for hydroxylation is 2. The summed E-state index contributed by atoms with van der Waals surface area (Å²) in [5, 5.41) is 5.97. The summed E-state index contributed by atoms with van der Waals surface area (Å²) in [6, 6.07) is 6.48. The first-order chi connectivity index (χ1) is 14.0. The molecule has 0 spiro atoms. The molecule has 0 unspecified atom stereocenters. The average molecular weight is 404 g/mol. The van der Waals surface area contributed by atoms with Crippen LogP contribution in [0.5, 0.6) is 0 Å². The van der Waals surface area contributed by atoms with Crippen molar-refractivity contribution >= 4 is 17.5 Å². The molecular weight excluding hydrogens is 366 g/mol. The van der Waals surface area contributed by atoms with Crippen molar-refractivity contribution in [2.75, 3.05) is 38.2 Å². The second kappa shape index (κ2) is 12.6. The van der Waals surface area contributed by atoms with E-state index in [4.69, 9.17) is 4.74 Å². The van der Waals surface area contributed by atoms with Gasteiger partial charge < -0.3 is 15.4 Å². The Morgan fingerprint density at radius 2 is 1.90 bits per heavy atom. The molecule has 0 aliphatic heterocycles. The maximum absolute atomic E-state index is 12.5. The normalized spacial score (nSPS) is 13.5. The summed E-state index contributed by atoms with van der Waals surface area (Å²) in [6.45, 7) is 9.22. The standard InChI is InChI=1S/C23H37N3O3/c1-4-5-14-29-15-6-12-24-22(27)11-13-26(20-9-10-20)17-23(28)25-21-16-18(2)7-8-19(21)3/h7-8,16,20H,4-6,9-15,17H2,1-3H3,(H,24,27)(H,25,28). The summed E-state index contributed by atoms with van der Waals surface area (Å²) >= 11 is 0. The van der Waals surface area contributed by atoms with E-state index in [0.29, 0.717) is 38.7 Å². The largest absolute Gasteiger partial charge is 0.381 e. The van der Waals surface area contributed by atoms with Gasteiger partial charge in [-0.3, -0.25) is 14.5 Å². The molecule has 6 nitrogen and oxygen atoms in total. The molecule has 1 saturated carbocycles. The van der Waals surface area contributed by atoms with Crippen LogP contribution < -0.4 is 10.6 Å². The van der Waals surface area contributed by atoms with E-state index < -0.39 is 0 Å². The van der Waals surface area contributed by atoms with Gasteiger partial charge in [0, 0.05) is 44.5 Å². The minimum Gasteiger partial charge on any atom is -0.381 e. The SMILES string of the molecule is CCCCOCCCNC(=O)CCN(CC(=O)Nc1cc(C)ccc1C)C1CC1. The maximum Gasteiger partial charge on any atom is 0.238 e. The fourth-order valence-corrected chi connectivity index (χ4v) is 3.16. The molecule has 2 amide bonds. The third-order valence-electron chi connectivity index (χ3n) is 5.13. The van der Waals surface area contributed by atoms with Crippen LogP contribution in [0.4, 0.5) is 5.69 Å². The minimum atomic E-state index is -0.0183. The van der Waals surface area contributed by atoms with E-state index in [1.807, 2.05) is 32.0 Å². The predicted molar refractivity (Wildman–Crippen MR) is 117 cm³/mol. The Morgan fingerprint density at radius 1 is 1.14 bits per heavy atom. The number of unbranched alkanes of at least 4 members (excludes halogenated alkanes) is 1. The smallest absolute Gasteiger partial charge is 0.238 e. The van der Waals surface area contributed by atoms with Crippen molar-refractivity contribution < 1.29 is 14.3 Å². The van der Waals surface area contributed by atoms with E-state index in [-0.39, 0.29) is 11.8 Å². The summed E-state index contributed by atoms with van der Waals surface area (Å²) in [4.78, 5) is 26.8. The third kappa shape index (κ3) is 9.41. The van der Waals surface area contributed by atoms with Gasteiger partial charge in [-0.2, -0.15) is 0 Å². The van der Waals surface area contributed by atoms with Crippen LogP contribution in [0.25, 0.3) is 0 Å². The van der Waals surface area contributed by atoms with Crippen LogP contribution in [0, 0.1) is 13.8 Å². The molecule has 2 N–H and O–H groups in total. The lowest BCUT2D eigenvalue weighted by molar-refractivity contribution is -0.122. The lowest BCUT2D eigenvalue weighted by atomic mass is 10.1. The molecule has 1 fully saturated rings. The number of amides is 2. The Hall–Kier alpha value is -1.92. The number of carbonyl (C=O) groups excluding carboxylic acids is 2. The Bertz CT molecular complexity index is 659. The van der Waals surface area contributed by atoms with Gasteiger partial charge in [-0.25, -0.2) is 0 Å². The number of rotatable bonds is 14. The molecule has 0 atom stereocenters. The van der Waals surface area contributed by atoms with Crippen LogP contribution >= 0.6 is 0 Å². The van der Waals surface area contributed by atoms with E-state index in [1.165, 1.54) is 0 Å². The number of hydrogen-bond donors (Lipinski definition) is 2. The van der Waals surface area contributed by atoms with Crippen molar-refractivity contribution in [2.24, 2.45) is 0 Å². The summed E-state index contributed by atoms with van der Waals surface area (Å²) in [6.07, 6.45) is 5.68. The zero-order valence-electron chi connectivity index (χ0n) is 18.3. The van der Waals surface area contributed by atoms with Crippen LogP contribution in [0.3, 0.4) is 0 Å². The highest BCUT2D eigenvalue weighted by Crippen LogP contribution is 2.27. The molecule has 0 saturated heterocycles. The lowest BCUT2D eigenvalue weighted by Crippen LogP contribution is -2.38. The van der Waals surface area contributed by atoms with Gasteiger partial charge in [-0.1, -0.05) is 25.5 Å². The number of hydrogen-bond acceptors (Lipinski definition) is 4. The highest BCUT2D eigenvalue weighted by atomic mass is 16.5. The van der Waals surface area contributed by atoms with Crippen LogP contribution in [0.1, 0.15) is 56.6 Å². The molecule has 0 heterocycles. The number of benzene rings is 1. The van der Waals surface area contributed by atoms with Gasteiger partial charge in [0.15, 0.2) is 0 Å². The molecule has 1 aromatic rings. The highest BCUT2D eigenvalue weighted by Gasteiger charge is 2.30. The van der Waals surface area contributed by atoms with E-state index >= 15 is 0 Å². The molecule has 162 valence electrons.